The van der Waals surface area contributed by atoms with E-state index in [1.165, 1.54) is 6.20 Å². The molecule has 0 spiro atoms. The lowest BCUT2D eigenvalue weighted by molar-refractivity contribution is 0.746. The summed E-state index contributed by atoms with van der Waals surface area (Å²) in [5.41, 5.74) is 2.42. The number of hydrogen-bond donors (Lipinski definition) is 1. The maximum atomic E-state index is 12.6. The first-order valence-electron chi connectivity index (χ1n) is 7.89. The molecule has 2 aromatic heterocycles. The highest BCUT2D eigenvalue weighted by Gasteiger charge is 2.14. The van der Waals surface area contributed by atoms with Gasteiger partial charge in [0.1, 0.15) is 5.02 Å². The summed E-state index contributed by atoms with van der Waals surface area (Å²) in [5.74, 6) is 0. The van der Waals surface area contributed by atoms with Crippen molar-refractivity contribution in [2.75, 3.05) is 5.32 Å². The molecule has 6 nitrogen and oxygen atoms in total. The predicted molar refractivity (Wildman–Crippen MR) is 105 cm³/mol. The van der Waals surface area contributed by atoms with Crippen LogP contribution in [0, 0.1) is 0 Å². The van der Waals surface area contributed by atoms with E-state index in [4.69, 9.17) is 34.8 Å². The highest BCUT2D eigenvalue weighted by molar-refractivity contribution is 6.36. The third-order valence-electron chi connectivity index (χ3n) is 3.85. The fourth-order valence-electron chi connectivity index (χ4n) is 2.60. The minimum atomic E-state index is -0.470. The fourth-order valence-corrected chi connectivity index (χ4v) is 3.28. The second-order valence-electron chi connectivity index (χ2n) is 5.67. The van der Waals surface area contributed by atoms with Crippen molar-refractivity contribution in [3.63, 3.8) is 0 Å². The molecule has 0 saturated carbocycles. The van der Waals surface area contributed by atoms with Gasteiger partial charge in [0.15, 0.2) is 0 Å². The summed E-state index contributed by atoms with van der Waals surface area (Å²) in [6.45, 7) is 2.53. The van der Waals surface area contributed by atoms with Gasteiger partial charge in [0.25, 0.3) is 5.56 Å². The second kappa shape index (κ2) is 7.70. The minimum Gasteiger partial charge on any atom is -0.378 e. The van der Waals surface area contributed by atoms with Crippen molar-refractivity contribution in [3.05, 3.63) is 67.3 Å². The van der Waals surface area contributed by atoms with Crippen LogP contribution >= 0.6 is 34.8 Å². The van der Waals surface area contributed by atoms with Crippen molar-refractivity contribution in [1.29, 1.82) is 0 Å². The van der Waals surface area contributed by atoms with E-state index < -0.39 is 5.56 Å². The summed E-state index contributed by atoms with van der Waals surface area (Å²) in [5, 5.41) is 12.5. The van der Waals surface area contributed by atoms with Gasteiger partial charge in [0.2, 0.25) is 0 Å². The molecular weight excluding hydrogens is 397 g/mol. The molecule has 0 bridgehead atoms. The molecule has 0 amide bonds. The average molecular weight is 413 g/mol. The van der Waals surface area contributed by atoms with Gasteiger partial charge in [-0.1, -0.05) is 41.7 Å². The minimum absolute atomic E-state index is 0.0351. The number of benzene rings is 1. The third kappa shape index (κ3) is 3.72. The molecular formula is C17H16Cl3N5O. The van der Waals surface area contributed by atoms with Crippen LogP contribution in [0.25, 0.3) is 5.69 Å². The zero-order valence-corrected chi connectivity index (χ0v) is 16.4. The SMILES string of the molecule is CCc1nn(C)cc1CNc1cnn(-c2ccc(Cl)cc2Cl)c(=O)c1Cl. The van der Waals surface area contributed by atoms with Gasteiger partial charge in [-0.25, -0.2) is 0 Å². The van der Waals surface area contributed by atoms with E-state index in [0.29, 0.717) is 28.0 Å². The van der Waals surface area contributed by atoms with Crippen molar-refractivity contribution in [3.8, 4) is 5.69 Å². The van der Waals surface area contributed by atoms with Crippen molar-refractivity contribution in [1.82, 2.24) is 19.6 Å². The molecule has 1 N–H and O–H groups in total. The standard InChI is InChI=1S/C17H16Cl3N5O/c1-3-13-10(9-24(2)23-13)7-21-14-8-22-25(17(26)16(14)20)15-5-4-11(18)6-12(15)19/h4-6,8-9,21H,3,7H2,1-2H3. The number of aromatic nitrogens is 4. The quantitative estimate of drug-likeness (QED) is 0.685. The van der Waals surface area contributed by atoms with Crippen LogP contribution in [-0.2, 0) is 20.0 Å². The Balaban J connectivity index is 1.89. The third-order valence-corrected chi connectivity index (χ3v) is 4.76. The molecule has 2 heterocycles. The predicted octanol–water partition coefficient (Wildman–Crippen LogP) is 4.10. The molecule has 0 unspecified atom stereocenters. The smallest absolute Gasteiger partial charge is 0.292 e. The number of aryl methyl sites for hydroxylation is 2. The highest BCUT2D eigenvalue weighted by atomic mass is 35.5. The van der Waals surface area contributed by atoms with Crippen molar-refractivity contribution in [2.45, 2.75) is 19.9 Å². The largest absolute Gasteiger partial charge is 0.378 e. The maximum Gasteiger partial charge on any atom is 0.292 e. The first kappa shape index (κ1) is 18.8. The zero-order chi connectivity index (χ0) is 18.8. The monoisotopic (exact) mass is 411 g/mol. The number of halogens is 3. The molecule has 0 radical (unpaired) electrons. The number of nitrogens with zero attached hydrogens (tertiary/aromatic N) is 4. The van der Waals surface area contributed by atoms with E-state index in [2.05, 4.69) is 15.5 Å². The molecule has 136 valence electrons. The van der Waals surface area contributed by atoms with E-state index in [9.17, 15) is 4.79 Å². The Morgan fingerprint density at radius 3 is 2.69 bits per heavy atom. The summed E-state index contributed by atoms with van der Waals surface area (Å²) in [6.07, 6.45) is 4.25. The van der Waals surface area contributed by atoms with E-state index in [-0.39, 0.29) is 5.02 Å². The molecule has 3 rings (SSSR count). The van der Waals surface area contributed by atoms with E-state index in [0.717, 1.165) is 22.4 Å². The van der Waals surface area contributed by atoms with E-state index in [1.54, 1.807) is 22.9 Å². The van der Waals surface area contributed by atoms with Gasteiger partial charge in [0.05, 0.1) is 28.3 Å². The Morgan fingerprint density at radius 2 is 2.00 bits per heavy atom. The van der Waals surface area contributed by atoms with Gasteiger partial charge in [-0.15, -0.1) is 0 Å². The number of nitrogens with one attached hydrogen (secondary N) is 1. The molecule has 9 heteroatoms. The molecule has 0 aliphatic heterocycles. The van der Waals surface area contributed by atoms with Gasteiger partial charge in [-0.05, 0) is 24.6 Å². The number of anilines is 1. The van der Waals surface area contributed by atoms with Gasteiger partial charge < -0.3 is 5.32 Å². The van der Waals surface area contributed by atoms with Crippen molar-refractivity contribution in [2.24, 2.45) is 7.05 Å². The van der Waals surface area contributed by atoms with Crippen LogP contribution < -0.4 is 10.9 Å². The zero-order valence-electron chi connectivity index (χ0n) is 14.1. The Hall–Kier alpha value is -2.02. The van der Waals surface area contributed by atoms with E-state index >= 15 is 0 Å². The van der Waals surface area contributed by atoms with Crippen LogP contribution in [0.5, 0.6) is 0 Å². The lowest BCUT2D eigenvalue weighted by Crippen LogP contribution is -2.23. The number of hydrogen-bond acceptors (Lipinski definition) is 4. The molecule has 1 aromatic carbocycles. The Bertz CT molecular complexity index is 1010. The molecule has 0 aliphatic rings. The molecule has 26 heavy (non-hydrogen) atoms. The highest BCUT2D eigenvalue weighted by Crippen LogP contribution is 2.24. The maximum absolute atomic E-state index is 12.6. The van der Waals surface area contributed by atoms with Crippen molar-refractivity contribution < 1.29 is 0 Å². The second-order valence-corrected chi connectivity index (χ2v) is 6.89. The summed E-state index contributed by atoms with van der Waals surface area (Å²) < 4.78 is 2.91. The van der Waals surface area contributed by atoms with Crippen LogP contribution in [0.2, 0.25) is 15.1 Å². The molecule has 0 fully saturated rings. The summed E-state index contributed by atoms with van der Waals surface area (Å²) >= 11 is 18.3. The molecule has 3 aromatic rings. The number of rotatable bonds is 5. The van der Waals surface area contributed by atoms with Crippen LogP contribution in [0.4, 0.5) is 5.69 Å². The molecule has 0 atom stereocenters. The van der Waals surface area contributed by atoms with Crippen LogP contribution in [-0.4, -0.2) is 19.6 Å². The summed E-state index contributed by atoms with van der Waals surface area (Å²) in [4.78, 5) is 12.6. The first-order chi connectivity index (χ1) is 12.4. The van der Waals surface area contributed by atoms with Gasteiger partial charge >= 0.3 is 0 Å². The average Bonchev–Trinajstić information content (AvgIpc) is 2.97. The fraction of sp³-hybridized carbons (Fsp3) is 0.235. The lowest BCUT2D eigenvalue weighted by Gasteiger charge is -2.11. The van der Waals surface area contributed by atoms with E-state index in [1.807, 2.05) is 20.2 Å². The van der Waals surface area contributed by atoms with Crippen LogP contribution in [0.3, 0.4) is 0 Å². The van der Waals surface area contributed by atoms with Crippen LogP contribution in [0.15, 0.2) is 35.4 Å². The summed E-state index contributed by atoms with van der Waals surface area (Å²) in [7, 11) is 1.87. The first-order valence-corrected chi connectivity index (χ1v) is 9.02. The normalized spacial score (nSPS) is 11.0. The Kier molecular flexibility index (Phi) is 5.55. The Morgan fingerprint density at radius 1 is 1.23 bits per heavy atom. The Labute approximate surface area is 165 Å². The topological polar surface area (TPSA) is 64.7 Å². The van der Waals surface area contributed by atoms with Gasteiger partial charge in [-0.3, -0.25) is 9.48 Å². The molecule has 0 saturated heterocycles. The lowest BCUT2D eigenvalue weighted by atomic mass is 10.2. The van der Waals surface area contributed by atoms with Crippen LogP contribution in [0.1, 0.15) is 18.2 Å². The van der Waals surface area contributed by atoms with Gasteiger partial charge in [0, 0.05) is 30.4 Å². The molecule has 0 aliphatic carbocycles. The summed E-state index contributed by atoms with van der Waals surface area (Å²) in [6, 6.07) is 4.79. The van der Waals surface area contributed by atoms with Crippen molar-refractivity contribution >= 4 is 40.5 Å². The van der Waals surface area contributed by atoms with Gasteiger partial charge in [-0.2, -0.15) is 14.9 Å².